The zero-order valence-corrected chi connectivity index (χ0v) is 10.6. The van der Waals surface area contributed by atoms with E-state index in [4.69, 9.17) is 0 Å². The average Bonchev–Trinajstić information content (AvgIpc) is 2.38. The molecule has 2 N–H and O–H groups in total. The molecule has 0 amide bonds. The fourth-order valence-corrected chi connectivity index (χ4v) is 2.81. The van der Waals surface area contributed by atoms with E-state index in [2.05, 4.69) is 0 Å². The fourth-order valence-electron chi connectivity index (χ4n) is 2.81. The summed E-state index contributed by atoms with van der Waals surface area (Å²) in [5.74, 6) is 0.171. The smallest absolute Gasteiger partial charge is 0.423 e. The summed E-state index contributed by atoms with van der Waals surface area (Å²) < 4.78 is 0. The topological polar surface area (TPSA) is 57.5 Å². The van der Waals surface area contributed by atoms with Crippen LogP contribution in [0.15, 0.2) is 18.2 Å². The Balaban J connectivity index is 2.69. The van der Waals surface area contributed by atoms with Crippen molar-refractivity contribution in [3.63, 3.8) is 0 Å². The third-order valence-corrected chi connectivity index (χ3v) is 3.82. The molecule has 0 saturated carbocycles. The lowest BCUT2D eigenvalue weighted by Crippen LogP contribution is -2.34. The van der Waals surface area contributed by atoms with Crippen LogP contribution in [-0.2, 0) is 15.6 Å². The van der Waals surface area contributed by atoms with Gasteiger partial charge in [0.2, 0.25) is 0 Å². The SMILES string of the molecule is CC1(C)C(=O)C(C)(C)c2cc(B(O)O)ccc21. The van der Waals surface area contributed by atoms with Gasteiger partial charge in [0.1, 0.15) is 0 Å². The molecule has 4 heteroatoms. The molecule has 17 heavy (non-hydrogen) atoms. The highest BCUT2D eigenvalue weighted by Crippen LogP contribution is 2.45. The highest BCUT2D eigenvalue weighted by atomic mass is 16.4. The van der Waals surface area contributed by atoms with Crippen LogP contribution < -0.4 is 5.46 Å². The summed E-state index contributed by atoms with van der Waals surface area (Å²) in [6.45, 7) is 7.60. The number of carbonyl (C=O) groups excluding carboxylic acids is 1. The summed E-state index contributed by atoms with van der Waals surface area (Å²) >= 11 is 0. The number of Topliss-reactive ketones (excluding diaryl/α,β-unsaturated/α-hetero) is 1. The highest BCUT2D eigenvalue weighted by molar-refractivity contribution is 6.58. The van der Waals surface area contributed by atoms with Crippen LogP contribution in [0.25, 0.3) is 0 Å². The number of rotatable bonds is 1. The lowest BCUT2D eigenvalue weighted by atomic mass is 9.76. The molecular weight excluding hydrogens is 215 g/mol. The Morgan fingerprint density at radius 1 is 1.00 bits per heavy atom. The molecule has 1 aromatic carbocycles. The Bertz CT molecular complexity index is 489. The Morgan fingerprint density at radius 2 is 1.53 bits per heavy atom. The van der Waals surface area contributed by atoms with Crippen LogP contribution in [0.3, 0.4) is 0 Å². The second kappa shape index (κ2) is 3.43. The largest absolute Gasteiger partial charge is 0.488 e. The molecule has 0 aliphatic heterocycles. The van der Waals surface area contributed by atoms with Crippen LogP contribution in [0.2, 0.25) is 0 Å². The zero-order valence-electron chi connectivity index (χ0n) is 10.6. The van der Waals surface area contributed by atoms with Crippen LogP contribution in [-0.4, -0.2) is 22.9 Å². The molecule has 0 fully saturated rings. The standard InChI is InChI=1S/C13H17BO3/c1-12(2)9-6-5-8(14(16)17)7-10(9)13(3,4)11(12)15/h5-7,16-17H,1-4H3. The summed E-state index contributed by atoms with van der Waals surface area (Å²) in [7, 11) is -1.49. The summed E-state index contributed by atoms with van der Waals surface area (Å²) in [5.41, 5.74) is 1.25. The molecular formula is C13H17BO3. The van der Waals surface area contributed by atoms with E-state index in [-0.39, 0.29) is 5.78 Å². The summed E-state index contributed by atoms with van der Waals surface area (Å²) in [6, 6.07) is 5.23. The van der Waals surface area contributed by atoms with Gasteiger partial charge < -0.3 is 10.0 Å². The van der Waals surface area contributed by atoms with Gasteiger partial charge in [-0.1, -0.05) is 18.2 Å². The van der Waals surface area contributed by atoms with E-state index in [0.29, 0.717) is 5.46 Å². The van der Waals surface area contributed by atoms with Crippen molar-refractivity contribution in [3.8, 4) is 0 Å². The molecule has 0 heterocycles. The minimum absolute atomic E-state index is 0.171. The van der Waals surface area contributed by atoms with E-state index in [1.165, 1.54) is 0 Å². The first kappa shape index (κ1) is 12.3. The van der Waals surface area contributed by atoms with Crippen molar-refractivity contribution in [3.05, 3.63) is 29.3 Å². The van der Waals surface area contributed by atoms with E-state index in [1.54, 1.807) is 12.1 Å². The van der Waals surface area contributed by atoms with Gasteiger partial charge in [0.25, 0.3) is 0 Å². The predicted molar refractivity (Wildman–Crippen MR) is 67.3 cm³/mol. The van der Waals surface area contributed by atoms with Gasteiger partial charge in [-0.05, 0) is 44.3 Å². The van der Waals surface area contributed by atoms with E-state index in [1.807, 2.05) is 33.8 Å². The van der Waals surface area contributed by atoms with Crippen LogP contribution in [0.1, 0.15) is 38.8 Å². The van der Waals surface area contributed by atoms with Gasteiger partial charge in [0, 0.05) is 10.8 Å². The Labute approximate surface area is 102 Å². The molecule has 1 aliphatic rings. The molecule has 0 radical (unpaired) electrons. The summed E-state index contributed by atoms with van der Waals surface area (Å²) in [5, 5.41) is 18.4. The highest BCUT2D eigenvalue weighted by Gasteiger charge is 2.50. The van der Waals surface area contributed by atoms with E-state index >= 15 is 0 Å². The van der Waals surface area contributed by atoms with Gasteiger partial charge >= 0.3 is 7.12 Å². The van der Waals surface area contributed by atoms with Crippen LogP contribution in [0.5, 0.6) is 0 Å². The second-order valence-corrected chi connectivity index (χ2v) is 5.76. The zero-order chi connectivity index (χ0) is 13.0. The van der Waals surface area contributed by atoms with Crippen molar-refractivity contribution in [2.75, 3.05) is 0 Å². The maximum atomic E-state index is 12.4. The van der Waals surface area contributed by atoms with Crippen molar-refractivity contribution in [1.82, 2.24) is 0 Å². The van der Waals surface area contributed by atoms with Gasteiger partial charge in [-0.3, -0.25) is 4.79 Å². The molecule has 3 nitrogen and oxygen atoms in total. The van der Waals surface area contributed by atoms with Crippen molar-refractivity contribution in [2.45, 2.75) is 38.5 Å². The number of carbonyl (C=O) groups is 1. The molecule has 0 aromatic heterocycles. The Kier molecular flexibility index (Phi) is 2.49. The molecule has 0 spiro atoms. The van der Waals surface area contributed by atoms with Crippen molar-refractivity contribution in [2.24, 2.45) is 0 Å². The molecule has 2 rings (SSSR count). The number of fused-ring (bicyclic) bond motifs is 1. The van der Waals surface area contributed by atoms with Crippen molar-refractivity contribution < 1.29 is 14.8 Å². The third-order valence-electron chi connectivity index (χ3n) is 3.82. The molecule has 1 aliphatic carbocycles. The average molecular weight is 232 g/mol. The summed E-state index contributed by atoms with van der Waals surface area (Å²) in [4.78, 5) is 12.4. The molecule has 1 aromatic rings. The third kappa shape index (κ3) is 1.55. The van der Waals surface area contributed by atoms with Gasteiger partial charge in [-0.2, -0.15) is 0 Å². The number of benzene rings is 1. The van der Waals surface area contributed by atoms with Gasteiger partial charge in [-0.15, -0.1) is 0 Å². The lowest BCUT2D eigenvalue weighted by Gasteiger charge is -2.21. The van der Waals surface area contributed by atoms with Crippen LogP contribution >= 0.6 is 0 Å². The molecule has 0 unspecified atom stereocenters. The van der Waals surface area contributed by atoms with Gasteiger partial charge in [-0.25, -0.2) is 0 Å². The molecule has 0 bridgehead atoms. The van der Waals surface area contributed by atoms with Gasteiger partial charge in [0.15, 0.2) is 5.78 Å². The van der Waals surface area contributed by atoms with Crippen LogP contribution in [0, 0.1) is 0 Å². The first-order valence-corrected chi connectivity index (χ1v) is 5.75. The Morgan fingerprint density at radius 3 is 2.06 bits per heavy atom. The maximum absolute atomic E-state index is 12.4. The molecule has 0 atom stereocenters. The fraction of sp³-hybridized carbons (Fsp3) is 0.462. The number of ketones is 1. The maximum Gasteiger partial charge on any atom is 0.488 e. The van der Waals surface area contributed by atoms with E-state index in [0.717, 1.165) is 11.1 Å². The first-order valence-electron chi connectivity index (χ1n) is 5.75. The monoisotopic (exact) mass is 232 g/mol. The minimum Gasteiger partial charge on any atom is -0.423 e. The lowest BCUT2D eigenvalue weighted by molar-refractivity contribution is -0.126. The number of hydrogen-bond acceptors (Lipinski definition) is 3. The Hall–Kier alpha value is -1.13. The number of hydrogen-bond donors (Lipinski definition) is 2. The van der Waals surface area contributed by atoms with Crippen molar-refractivity contribution in [1.29, 1.82) is 0 Å². The minimum atomic E-state index is -1.49. The van der Waals surface area contributed by atoms with Crippen LogP contribution in [0.4, 0.5) is 0 Å². The first-order chi connectivity index (χ1) is 7.69. The molecule has 90 valence electrons. The predicted octanol–water partition coefficient (Wildman–Crippen LogP) is 0.504. The van der Waals surface area contributed by atoms with Gasteiger partial charge in [0.05, 0.1) is 0 Å². The van der Waals surface area contributed by atoms with E-state index in [9.17, 15) is 14.8 Å². The summed E-state index contributed by atoms with van der Waals surface area (Å²) in [6.07, 6.45) is 0. The van der Waals surface area contributed by atoms with E-state index < -0.39 is 17.9 Å². The second-order valence-electron chi connectivity index (χ2n) is 5.76. The quantitative estimate of drug-likeness (QED) is 0.693. The van der Waals surface area contributed by atoms with Crippen molar-refractivity contribution >= 4 is 18.4 Å². The normalized spacial score (nSPS) is 20.2. The molecule has 0 saturated heterocycles.